The van der Waals surface area contributed by atoms with E-state index < -0.39 is 5.54 Å². The van der Waals surface area contributed by atoms with E-state index in [1.54, 1.807) is 4.90 Å². The lowest BCUT2D eigenvalue weighted by molar-refractivity contribution is -0.152. The maximum atomic E-state index is 12.6. The van der Waals surface area contributed by atoms with Gasteiger partial charge in [-0.3, -0.25) is 9.59 Å². The van der Waals surface area contributed by atoms with Gasteiger partial charge in [-0.25, -0.2) is 0 Å². The monoisotopic (exact) mass is 302 g/mol. The van der Waals surface area contributed by atoms with Crippen LogP contribution in [-0.4, -0.2) is 28.8 Å². The van der Waals surface area contributed by atoms with Crippen molar-refractivity contribution in [2.75, 3.05) is 6.54 Å². The summed E-state index contributed by atoms with van der Waals surface area (Å²) in [7, 11) is 0. The predicted octanol–water partition coefficient (Wildman–Crippen LogP) is 2.87. The molecule has 1 heterocycles. The van der Waals surface area contributed by atoms with Crippen molar-refractivity contribution in [3.63, 3.8) is 0 Å². The van der Waals surface area contributed by atoms with Crippen LogP contribution in [0.3, 0.4) is 0 Å². The van der Waals surface area contributed by atoms with Crippen LogP contribution in [0, 0.1) is 0 Å². The molecule has 22 heavy (non-hydrogen) atoms. The van der Waals surface area contributed by atoms with Gasteiger partial charge in [0, 0.05) is 19.5 Å². The van der Waals surface area contributed by atoms with Crippen molar-refractivity contribution in [2.24, 2.45) is 0 Å². The van der Waals surface area contributed by atoms with Crippen molar-refractivity contribution in [2.45, 2.75) is 58.0 Å². The second-order valence-electron chi connectivity index (χ2n) is 6.20. The van der Waals surface area contributed by atoms with Gasteiger partial charge in [0.1, 0.15) is 5.54 Å². The molecule has 2 rings (SSSR count). The van der Waals surface area contributed by atoms with Gasteiger partial charge in [-0.1, -0.05) is 43.7 Å². The van der Waals surface area contributed by atoms with E-state index in [9.17, 15) is 9.59 Å². The summed E-state index contributed by atoms with van der Waals surface area (Å²) in [6, 6.07) is 9.87. The molecule has 4 heteroatoms. The van der Waals surface area contributed by atoms with Gasteiger partial charge >= 0.3 is 0 Å². The van der Waals surface area contributed by atoms with Crippen molar-refractivity contribution in [3.8, 4) is 0 Å². The second kappa shape index (κ2) is 7.43. The van der Waals surface area contributed by atoms with Crippen LogP contribution in [0.5, 0.6) is 0 Å². The standard InChI is InChI=1S/C18H26N2O2/c1-3-4-13-19-17(22)18(2)12-8-11-16(21)20(18)14-15-9-6-5-7-10-15/h5-7,9-10H,3-4,8,11-14H2,1-2H3,(H,19,22). The summed E-state index contributed by atoms with van der Waals surface area (Å²) >= 11 is 0. The van der Waals surface area contributed by atoms with Crippen molar-refractivity contribution in [1.29, 1.82) is 0 Å². The maximum Gasteiger partial charge on any atom is 0.245 e. The van der Waals surface area contributed by atoms with Crippen LogP contribution in [-0.2, 0) is 16.1 Å². The van der Waals surface area contributed by atoms with Gasteiger partial charge in [0.2, 0.25) is 11.8 Å². The Kier molecular flexibility index (Phi) is 5.58. The SMILES string of the molecule is CCCCNC(=O)C1(C)CCCC(=O)N1Cc1ccccc1. The Hall–Kier alpha value is -1.84. The fourth-order valence-electron chi connectivity index (χ4n) is 2.96. The van der Waals surface area contributed by atoms with E-state index in [1.807, 2.05) is 37.3 Å². The zero-order chi connectivity index (χ0) is 16.0. The second-order valence-corrected chi connectivity index (χ2v) is 6.20. The predicted molar refractivity (Wildman–Crippen MR) is 87.2 cm³/mol. The molecule has 4 nitrogen and oxygen atoms in total. The van der Waals surface area contributed by atoms with E-state index in [0.717, 1.165) is 31.2 Å². The summed E-state index contributed by atoms with van der Waals surface area (Å²) in [5.74, 6) is 0.0492. The fourth-order valence-corrected chi connectivity index (χ4v) is 2.96. The first-order valence-corrected chi connectivity index (χ1v) is 8.20. The average Bonchev–Trinajstić information content (AvgIpc) is 2.52. The molecule has 0 radical (unpaired) electrons. The van der Waals surface area contributed by atoms with Crippen LogP contribution in [0.2, 0.25) is 0 Å². The lowest BCUT2D eigenvalue weighted by atomic mass is 9.86. The first kappa shape index (κ1) is 16.5. The molecule has 0 bridgehead atoms. The molecule has 1 aromatic rings. The van der Waals surface area contributed by atoms with E-state index in [-0.39, 0.29) is 11.8 Å². The zero-order valence-electron chi connectivity index (χ0n) is 13.6. The van der Waals surface area contributed by atoms with E-state index >= 15 is 0 Å². The number of nitrogens with one attached hydrogen (secondary N) is 1. The highest BCUT2D eigenvalue weighted by atomic mass is 16.2. The zero-order valence-corrected chi connectivity index (χ0v) is 13.6. The summed E-state index contributed by atoms with van der Waals surface area (Å²) in [6.07, 6.45) is 4.05. The number of carbonyl (C=O) groups is 2. The highest BCUT2D eigenvalue weighted by Crippen LogP contribution is 2.30. The Morgan fingerprint density at radius 1 is 1.32 bits per heavy atom. The average molecular weight is 302 g/mol. The largest absolute Gasteiger partial charge is 0.354 e. The van der Waals surface area contributed by atoms with Gasteiger partial charge in [0.05, 0.1) is 0 Å². The molecule has 0 aliphatic carbocycles. The summed E-state index contributed by atoms with van der Waals surface area (Å²) in [5, 5.41) is 3.00. The minimum atomic E-state index is -0.737. The molecule has 120 valence electrons. The molecule has 1 atom stereocenters. The number of amides is 2. The molecule has 1 aliphatic rings. The van der Waals surface area contributed by atoms with Crippen LogP contribution in [0.4, 0.5) is 0 Å². The summed E-state index contributed by atoms with van der Waals surface area (Å²) in [6.45, 7) is 5.17. The highest BCUT2D eigenvalue weighted by Gasteiger charge is 2.44. The molecule has 1 saturated heterocycles. The molecule has 1 unspecified atom stereocenters. The molecule has 1 aliphatic heterocycles. The number of nitrogens with zero attached hydrogens (tertiary/aromatic N) is 1. The van der Waals surface area contributed by atoms with Gasteiger partial charge in [-0.2, -0.15) is 0 Å². The van der Waals surface area contributed by atoms with Gasteiger partial charge < -0.3 is 10.2 Å². The number of hydrogen-bond acceptors (Lipinski definition) is 2. The van der Waals surface area contributed by atoms with E-state index in [2.05, 4.69) is 12.2 Å². The van der Waals surface area contributed by atoms with Crippen molar-refractivity contribution in [3.05, 3.63) is 35.9 Å². The smallest absolute Gasteiger partial charge is 0.245 e. The quantitative estimate of drug-likeness (QED) is 0.821. The van der Waals surface area contributed by atoms with Gasteiger partial charge in [0.15, 0.2) is 0 Å². The third-order valence-corrected chi connectivity index (χ3v) is 4.44. The Labute approximate surface area is 132 Å². The maximum absolute atomic E-state index is 12.6. The molecular formula is C18H26N2O2. The van der Waals surface area contributed by atoms with Crippen LogP contribution < -0.4 is 5.32 Å². The third kappa shape index (κ3) is 3.67. The summed E-state index contributed by atoms with van der Waals surface area (Å²) < 4.78 is 0. The lowest BCUT2D eigenvalue weighted by Crippen LogP contribution is -2.60. The first-order valence-electron chi connectivity index (χ1n) is 8.20. The topological polar surface area (TPSA) is 49.4 Å². The molecular weight excluding hydrogens is 276 g/mol. The number of carbonyl (C=O) groups excluding carboxylic acids is 2. The van der Waals surface area contributed by atoms with Crippen molar-refractivity contribution < 1.29 is 9.59 Å². The molecule has 1 aromatic carbocycles. The first-order chi connectivity index (χ1) is 10.6. The third-order valence-electron chi connectivity index (χ3n) is 4.44. The summed E-state index contributed by atoms with van der Waals surface area (Å²) in [4.78, 5) is 26.8. The Bertz CT molecular complexity index is 515. The molecule has 1 fully saturated rings. The highest BCUT2D eigenvalue weighted by molar-refractivity contribution is 5.92. The van der Waals surface area contributed by atoms with Crippen LogP contribution >= 0.6 is 0 Å². The van der Waals surface area contributed by atoms with Gasteiger partial charge in [0.25, 0.3) is 0 Å². The Morgan fingerprint density at radius 2 is 2.05 bits per heavy atom. The molecule has 0 spiro atoms. The van der Waals surface area contributed by atoms with Crippen LogP contribution in [0.1, 0.15) is 51.5 Å². The molecule has 1 N–H and O–H groups in total. The van der Waals surface area contributed by atoms with Crippen molar-refractivity contribution >= 4 is 11.8 Å². The van der Waals surface area contributed by atoms with Crippen LogP contribution in [0.15, 0.2) is 30.3 Å². The molecule has 0 aromatic heterocycles. The van der Waals surface area contributed by atoms with Gasteiger partial charge in [-0.05, 0) is 31.7 Å². The number of hydrogen-bond donors (Lipinski definition) is 1. The van der Waals surface area contributed by atoms with Crippen LogP contribution in [0.25, 0.3) is 0 Å². The van der Waals surface area contributed by atoms with Crippen molar-refractivity contribution in [1.82, 2.24) is 10.2 Å². The minimum absolute atomic E-state index is 0.0232. The van der Waals surface area contributed by atoms with E-state index in [4.69, 9.17) is 0 Å². The number of likely N-dealkylation sites (tertiary alicyclic amines) is 1. The number of piperidine rings is 1. The molecule has 0 saturated carbocycles. The number of unbranched alkanes of at least 4 members (excludes halogenated alkanes) is 1. The summed E-state index contributed by atoms with van der Waals surface area (Å²) in [5.41, 5.74) is 0.323. The molecule has 2 amide bonds. The Balaban J connectivity index is 2.14. The number of rotatable bonds is 6. The van der Waals surface area contributed by atoms with E-state index in [0.29, 0.717) is 19.5 Å². The van der Waals surface area contributed by atoms with E-state index in [1.165, 1.54) is 0 Å². The number of benzene rings is 1. The minimum Gasteiger partial charge on any atom is -0.354 e. The fraction of sp³-hybridized carbons (Fsp3) is 0.556. The van der Waals surface area contributed by atoms with Gasteiger partial charge in [-0.15, -0.1) is 0 Å². The lowest BCUT2D eigenvalue weighted by Gasteiger charge is -2.43. The Morgan fingerprint density at radius 3 is 2.73 bits per heavy atom. The normalized spacial score (nSPS) is 21.7.